The third-order valence-corrected chi connectivity index (χ3v) is 4.28. The van der Waals surface area contributed by atoms with E-state index in [4.69, 9.17) is 4.98 Å². The van der Waals surface area contributed by atoms with Crippen LogP contribution in [0.5, 0.6) is 0 Å². The maximum atomic E-state index is 9.41. The molecule has 0 radical (unpaired) electrons. The fraction of sp³-hybridized carbons (Fsp3) is 0.562. The number of hydrogen-bond donors (Lipinski definition) is 2. The van der Waals surface area contributed by atoms with Crippen LogP contribution in [0.15, 0.2) is 24.3 Å². The van der Waals surface area contributed by atoms with Crippen molar-refractivity contribution in [1.82, 2.24) is 19.8 Å². The topological polar surface area (TPSA) is 53.3 Å². The molecule has 1 saturated heterocycles. The van der Waals surface area contributed by atoms with E-state index < -0.39 is 0 Å². The molecule has 1 unspecified atom stereocenters. The van der Waals surface area contributed by atoms with Crippen molar-refractivity contribution in [2.75, 3.05) is 32.8 Å². The van der Waals surface area contributed by atoms with Crippen molar-refractivity contribution >= 4 is 11.0 Å². The van der Waals surface area contributed by atoms with Crippen molar-refractivity contribution in [3.8, 4) is 0 Å². The number of fused-ring (bicyclic) bond motifs is 1. The Kier molecular flexibility index (Phi) is 4.53. The van der Waals surface area contributed by atoms with Gasteiger partial charge in [0.15, 0.2) is 0 Å². The highest BCUT2D eigenvalue weighted by atomic mass is 16.3. The Morgan fingerprint density at radius 3 is 2.76 bits per heavy atom. The lowest BCUT2D eigenvalue weighted by Gasteiger charge is -2.34. The molecule has 0 saturated carbocycles. The van der Waals surface area contributed by atoms with Gasteiger partial charge in [-0.15, -0.1) is 0 Å². The van der Waals surface area contributed by atoms with Gasteiger partial charge in [-0.1, -0.05) is 19.1 Å². The zero-order valence-electron chi connectivity index (χ0n) is 12.6. The van der Waals surface area contributed by atoms with Crippen LogP contribution < -0.4 is 5.32 Å². The molecule has 0 bridgehead atoms. The average Bonchev–Trinajstić information content (AvgIpc) is 2.89. The van der Waals surface area contributed by atoms with Crippen molar-refractivity contribution in [3.05, 3.63) is 30.1 Å². The number of aliphatic hydroxyl groups is 1. The zero-order valence-corrected chi connectivity index (χ0v) is 12.6. The SMILES string of the molecule is CCC(c1nc2ccccc2n1CCO)N1CCNCC1. The lowest BCUT2D eigenvalue weighted by molar-refractivity contribution is 0.158. The van der Waals surface area contributed by atoms with E-state index in [1.807, 2.05) is 12.1 Å². The van der Waals surface area contributed by atoms with Crippen LogP contribution in [0.1, 0.15) is 25.2 Å². The summed E-state index contributed by atoms with van der Waals surface area (Å²) >= 11 is 0. The molecule has 1 aliphatic heterocycles. The first-order valence-electron chi connectivity index (χ1n) is 7.86. The van der Waals surface area contributed by atoms with Crippen LogP contribution in [0.2, 0.25) is 0 Å². The van der Waals surface area contributed by atoms with E-state index in [0.29, 0.717) is 12.6 Å². The predicted molar refractivity (Wildman–Crippen MR) is 84.3 cm³/mol. The largest absolute Gasteiger partial charge is 0.395 e. The number of piperazine rings is 1. The Morgan fingerprint density at radius 2 is 2.05 bits per heavy atom. The number of nitrogens with one attached hydrogen (secondary N) is 1. The standard InChI is InChI=1S/C16H24N4O/c1-2-14(19-9-7-17-8-10-19)16-18-13-5-3-4-6-15(13)20(16)11-12-21/h3-6,14,17,21H,2,7-12H2,1H3. The molecule has 1 atom stereocenters. The summed E-state index contributed by atoms with van der Waals surface area (Å²) in [5.74, 6) is 1.09. The molecule has 21 heavy (non-hydrogen) atoms. The number of aliphatic hydroxyl groups excluding tert-OH is 1. The van der Waals surface area contributed by atoms with Crippen molar-refractivity contribution in [3.63, 3.8) is 0 Å². The van der Waals surface area contributed by atoms with E-state index >= 15 is 0 Å². The summed E-state index contributed by atoms with van der Waals surface area (Å²) in [5.41, 5.74) is 2.14. The quantitative estimate of drug-likeness (QED) is 0.873. The molecule has 2 heterocycles. The number of imidazole rings is 1. The van der Waals surface area contributed by atoms with Gasteiger partial charge < -0.3 is 15.0 Å². The smallest absolute Gasteiger partial charge is 0.127 e. The second-order valence-electron chi connectivity index (χ2n) is 5.54. The van der Waals surface area contributed by atoms with E-state index in [-0.39, 0.29) is 6.61 Å². The normalized spacial score (nSPS) is 18.2. The van der Waals surface area contributed by atoms with Gasteiger partial charge in [0.2, 0.25) is 0 Å². The molecule has 2 N–H and O–H groups in total. The van der Waals surface area contributed by atoms with Crippen molar-refractivity contribution in [2.45, 2.75) is 25.9 Å². The molecule has 0 amide bonds. The molecule has 1 aromatic carbocycles. The summed E-state index contributed by atoms with van der Waals surface area (Å²) in [7, 11) is 0. The highest BCUT2D eigenvalue weighted by Gasteiger charge is 2.25. The second kappa shape index (κ2) is 6.56. The summed E-state index contributed by atoms with van der Waals surface area (Å²) in [5, 5.41) is 12.8. The van der Waals surface area contributed by atoms with E-state index in [1.165, 1.54) is 0 Å². The van der Waals surface area contributed by atoms with Crippen molar-refractivity contribution < 1.29 is 5.11 Å². The third-order valence-electron chi connectivity index (χ3n) is 4.28. The number of rotatable bonds is 5. The summed E-state index contributed by atoms with van der Waals surface area (Å²) in [6.45, 7) is 7.16. The third kappa shape index (κ3) is 2.81. The number of nitrogens with zero attached hydrogens (tertiary/aromatic N) is 3. The Labute approximate surface area is 125 Å². The molecule has 3 rings (SSSR count). The van der Waals surface area contributed by atoms with E-state index in [0.717, 1.165) is 49.5 Å². The van der Waals surface area contributed by atoms with Crippen LogP contribution >= 0.6 is 0 Å². The Hall–Kier alpha value is -1.43. The first-order chi connectivity index (χ1) is 10.3. The van der Waals surface area contributed by atoms with Crippen molar-refractivity contribution in [2.24, 2.45) is 0 Å². The van der Waals surface area contributed by atoms with E-state index in [1.54, 1.807) is 0 Å². The Morgan fingerprint density at radius 1 is 1.29 bits per heavy atom. The highest BCUT2D eigenvalue weighted by molar-refractivity contribution is 5.76. The molecule has 1 fully saturated rings. The van der Waals surface area contributed by atoms with E-state index in [2.05, 4.69) is 33.8 Å². The van der Waals surface area contributed by atoms with Gasteiger partial charge in [0.25, 0.3) is 0 Å². The molecule has 5 heteroatoms. The first-order valence-corrected chi connectivity index (χ1v) is 7.86. The number of hydrogen-bond acceptors (Lipinski definition) is 4. The average molecular weight is 288 g/mol. The molecule has 0 aliphatic carbocycles. The molecular weight excluding hydrogens is 264 g/mol. The van der Waals surface area contributed by atoms with Crippen LogP contribution in [0, 0.1) is 0 Å². The maximum Gasteiger partial charge on any atom is 0.127 e. The Balaban J connectivity index is 2.01. The molecule has 2 aromatic rings. The molecule has 114 valence electrons. The lowest BCUT2D eigenvalue weighted by atomic mass is 10.1. The maximum absolute atomic E-state index is 9.41. The first kappa shape index (κ1) is 14.5. The molecule has 1 aromatic heterocycles. The minimum atomic E-state index is 0.144. The predicted octanol–water partition coefficient (Wildman–Crippen LogP) is 1.38. The summed E-state index contributed by atoms with van der Waals surface area (Å²) in [6.07, 6.45) is 1.04. The van der Waals surface area contributed by atoms with Crippen LogP contribution in [-0.2, 0) is 6.54 Å². The molecular formula is C16H24N4O. The minimum Gasteiger partial charge on any atom is -0.395 e. The fourth-order valence-electron chi connectivity index (χ4n) is 3.28. The number of para-hydroxylation sites is 2. The number of aromatic nitrogens is 2. The van der Waals surface area contributed by atoms with Gasteiger partial charge in [-0.2, -0.15) is 0 Å². The van der Waals surface area contributed by atoms with Crippen LogP contribution in [-0.4, -0.2) is 52.3 Å². The van der Waals surface area contributed by atoms with Gasteiger partial charge in [-0.05, 0) is 18.6 Å². The van der Waals surface area contributed by atoms with Gasteiger partial charge in [0.05, 0.1) is 23.7 Å². The van der Waals surface area contributed by atoms with Gasteiger partial charge in [0, 0.05) is 32.7 Å². The monoisotopic (exact) mass is 288 g/mol. The summed E-state index contributed by atoms with van der Waals surface area (Å²) in [4.78, 5) is 7.37. The molecule has 1 aliphatic rings. The van der Waals surface area contributed by atoms with Gasteiger partial charge >= 0.3 is 0 Å². The van der Waals surface area contributed by atoms with Crippen LogP contribution in [0.25, 0.3) is 11.0 Å². The van der Waals surface area contributed by atoms with Gasteiger partial charge in [0.1, 0.15) is 5.82 Å². The minimum absolute atomic E-state index is 0.144. The molecule has 5 nitrogen and oxygen atoms in total. The highest BCUT2D eigenvalue weighted by Crippen LogP contribution is 2.27. The van der Waals surface area contributed by atoms with Gasteiger partial charge in [-0.25, -0.2) is 4.98 Å². The second-order valence-corrected chi connectivity index (χ2v) is 5.54. The molecule has 0 spiro atoms. The summed E-state index contributed by atoms with van der Waals surface area (Å²) < 4.78 is 2.19. The van der Waals surface area contributed by atoms with Crippen LogP contribution in [0.4, 0.5) is 0 Å². The summed E-state index contributed by atoms with van der Waals surface area (Å²) in [6, 6.07) is 8.52. The number of benzene rings is 1. The van der Waals surface area contributed by atoms with Gasteiger partial charge in [-0.3, -0.25) is 4.90 Å². The fourth-order valence-corrected chi connectivity index (χ4v) is 3.28. The van der Waals surface area contributed by atoms with Crippen molar-refractivity contribution in [1.29, 1.82) is 0 Å². The Bertz CT molecular complexity index is 589. The van der Waals surface area contributed by atoms with Crippen LogP contribution in [0.3, 0.4) is 0 Å². The van der Waals surface area contributed by atoms with E-state index in [9.17, 15) is 5.11 Å². The zero-order chi connectivity index (χ0) is 14.7. The lowest BCUT2D eigenvalue weighted by Crippen LogP contribution is -2.45.